The smallest absolute Gasteiger partial charge is 0.328 e. The van der Waals surface area contributed by atoms with Crippen LogP contribution in [0.3, 0.4) is 0 Å². The standard InChI is InChI=1S/C8H8N2.C4H4O4/c9-10-6-5-7-3-1-2-4-8(7)10;5-3(6)1-2-4(7)8/h1-6H,9H2;1-2H,(H,5,6)(H,7,8). The van der Waals surface area contributed by atoms with Gasteiger partial charge in [0.15, 0.2) is 0 Å². The van der Waals surface area contributed by atoms with Gasteiger partial charge in [0, 0.05) is 23.7 Å². The molecule has 0 atom stereocenters. The maximum Gasteiger partial charge on any atom is 0.328 e. The largest absolute Gasteiger partial charge is 0.478 e. The lowest BCUT2D eigenvalue weighted by Gasteiger charge is -1.92. The predicted molar refractivity (Wildman–Crippen MR) is 66.5 cm³/mol. The van der Waals surface area contributed by atoms with Crippen molar-refractivity contribution in [1.82, 2.24) is 4.68 Å². The molecule has 2 rings (SSSR count). The number of hydrogen-bond acceptors (Lipinski definition) is 3. The van der Waals surface area contributed by atoms with E-state index in [0.717, 1.165) is 5.52 Å². The molecule has 6 nitrogen and oxygen atoms in total. The molecule has 0 unspecified atom stereocenters. The van der Waals surface area contributed by atoms with Gasteiger partial charge in [0.25, 0.3) is 0 Å². The van der Waals surface area contributed by atoms with Crippen LogP contribution in [0.5, 0.6) is 0 Å². The lowest BCUT2D eigenvalue weighted by atomic mass is 10.3. The second kappa shape index (κ2) is 6.09. The number of aliphatic carboxylic acids is 2. The van der Waals surface area contributed by atoms with Crippen molar-refractivity contribution in [2.45, 2.75) is 0 Å². The summed E-state index contributed by atoms with van der Waals surface area (Å²) in [5, 5.41) is 16.8. The van der Waals surface area contributed by atoms with Gasteiger partial charge >= 0.3 is 11.9 Å². The van der Waals surface area contributed by atoms with Gasteiger partial charge in [-0.2, -0.15) is 0 Å². The van der Waals surface area contributed by atoms with Crippen molar-refractivity contribution in [3.63, 3.8) is 0 Å². The Labute approximate surface area is 103 Å². The Balaban J connectivity index is 0.000000187. The molecule has 1 aromatic carbocycles. The van der Waals surface area contributed by atoms with Crippen molar-refractivity contribution in [3.05, 3.63) is 48.7 Å². The average molecular weight is 248 g/mol. The van der Waals surface area contributed by atoms with Crippen LogP contribution >= 0.6 is 0 Å². The molecule has 0 aliphatic rings. The molecule has 0 aliphatic heterocycles. The number of benzene rings is 1. The number of carboxylic acid groups (broad SMARTS) is 2. The summed E-state index contributed by atoms with van der Waals surface area (Å²) in [4.78, 5) is 19.1. The summed E-state index contributed by atoms with van der Waals surface area (Å²) >= 11 is 0. The van der Waals surface area contributed by atoms with E-state index < -0.39 is 11.9 Å². The van der Waals surface area contributed by atoms with Gasteiger partial charge in [-0.3, -0.25) is 4.68 Å². The number of nitrogens with zero attached hydrogens (tertiary/aromatic N) is 1. The Morgan fingerprint density at radius 3 is 2.11 bits per heavy atom. The van der Waals surface area contributed by atoms with Crippen LogP contribution in [0.1, 0.15) is 0 Å². The Morgan fingerprint density at radius 1 is 1.06 bits per heavy atom. The first-order valence-corrected chi connectivity index (χ1v) is 4.96. The van der Waals surface area contributed by atoms with E-state index in [4.69, 9.17) is 16.1 Å². The van der Waals surface area contributed by atoms with Crippen molar-refractivity contribution in [2.24, 2.45) is 0 Å². The maximum absolute atomic E-state index is 9.55. The maximum atomic E-state index is 9.55. The minimum atomic E-state index is -1.26. The first-order valence-electron chi connectivity index (χ1n) is 4.96. The number of para-hydroxylation sites is 1. The van der Waals surface area contributed by atoms with E-state index in [9.17, 15) is 9.59 Å². The van der Waals surface area contributed by atoms with Gasteiger partial charge in [0.05, 0.1) is 5.52 Å². The number of nitrogen functional groups attached to an aromatic ring is 1. The molecular weight excluding hydrogens is 236 g/mol. The highest BCUT2D eigenvalue weighted by Crippen LogP contribution is 2.11. The topological polar surface area (TPSA) is 106 Å². The fourth-order valence-electron chi connectivity index (χ4n) is 1.25. The summed E-state index contributed by atoms with van der Waals surface area (Å²) < 4.78 is 1.62. The third kappa shape index (κ3) is 4.01. The van der Waals surface area contributed by atoms with Gasteiger partial charge < -0.3 is 16.1 Å². The molecule has 0 radical (unpaired) electrons. The summed E-state index contributed by atoms with van der Waals surface area (Å²) in [5.41, 5.74) is 1.07. The monoisotopic (exact) mass is 248 g/mol. The molecule has 2 aromatic rings. The Bertz CT molecular complexity index is 571. The number of carbonyl (C=O) groups is 2. The van der Waals surface area contributed by atoms with Crippen molar-refractivity contribution >= 4 is 22.8 Å². The minimum absolute atomic E-state index is 0.558. The van der Waals surface area contributed by atoms with E-state index in [0.29, 0.717) is 12.2 Å². The van der Waals surface area contributed by atoms with E-state index in [1.54, 1.807) is 4.68 Å². The van der Waals surface area contributed by atoms with E-state index in [-0.39, 0.29) is 0 Å². The molecule has 1 heterocycles. The highest BCUT2D eigenvalue weighted by molar-refractivity contribution is 5.89. The zero-order valence-electron chi connectivity index (χ0n) is 9.35. The lowest BCUT2D eigenvalue weighted by molar-refractivity contribution is -0.134. The van der Waals surface area contributed by atoms with Crippen LogP contribution in [0.4, 0.5) is 0 Å². The number of hydrogen-bond donors (Lipinski definition) is 3. The van der Waals surface area contributed by atoms with Gasteiger partial charge in [0.2, 0.25) is 0 Å². The fourth-order valence-corrected chi connectivity index (χ4v) is 1.25. The molecule has 94 valence electrons. The number of rotatable bonds is 2. The molecular formula is C12H12N2O4. The van der Waals surface area contributed by atoms with E-state index >= 15 is 0 Å². The number of aromatic nitrogens is 1. The third-order valence-corrected chi connectivity index (χ3v) is 2.00. The molecule has 0 spiro atoms. The normalized spacial score (nSPS) is 10.0. The molecule has 0 aliphatic carbocycles. The predicted octanol–water partition coefficient (Wildman–Crippen LogP) is 1.07. The van der Waals surface area contributed by atoms with E-state index in [1.807, 2.05) is 36.5 Å². The van der Waals surface area contributed by atoms with Crippen LogP contribution in [-0.4, -0.2) is 26.8 Å². The summed E-state index contributed by atoms with van der Waals surface area (Å²) in [6, 6.07) is 10.0. The average Bonchev–Trinajstić information content (AvgIpc) is 2.70. The van der Waals surface area contributed by atoms with Crippen molar-refractivity contribution in [3.8, 4) is 0 Å². The van der Waals surface area contributed by atoms with Crippen LogP contribution < -0.4 is 5.84 Å². The third-order valence-electron chi connectivity index (χ3n) is 2.00. The van der Waals surface area contributed by atoms with Crippen molar-refractivity contribution in [1.29, 1.82) is 0 Å². The Kier molecular flexibility index (Phi) is 4.50. The zero-order chi connectivity index (χ0) is 13.5. The van der Waals surface area contributed by atoms with Gasteiger partial charge in [-0.15, -0.1) is 0 Å². The molecule has 18 heavy (non-hydrogen) atoms. The summed E-state index contributed by atoms with van der Waals surface area (Å²) in [5.74, 6) is 3.08. The molecule has 6 heteroatoms. The van der Waals surface area contributed by atoms with Crippen molar-refractivity contribution in [2.75, 3.05) is 5.84 Å². The van der Waals surface area contributed by atoms with Crippen LogP contribution in [0.15, 0.2) is 48.7 Å². The van der Waals surface area contributed by atoms with Crippen LogP contribution in [-0.2, 0) is 9.59 Å². The Hall–Kier alpha value is -2.76. The number of fused-ring (bicyclic) bond motifs is 1. The van der Waals surface area contributed by atoms with Gasteiger partial charge in [-0.1, -0.05) is 18.2 Å². The molecule has 4 N–H and O–H groups in total. The van der Waals surface area contributed by atoms with E-state index in [1.165, 1.54) is 5.39 Å². The second-order valence-electron chi connectivity index (χ2n) is 3.29. The SMILES string of the molecule is Nn1ccc2ccccc21.O=C(O)C=CC(=O)O. The quantitative estimate of drug-likeness (QED) is 0.544. The first-order chi connectivity index (χ1) is 8.50. The Morgan fingerprint density at radius 2 is 1.61 bits per heavy atom. The minimum Gasteiger partial charge on any atom is -0.478 e. The van der Waals surface area contributed by atoms with Crippen LogP contribution in [0.2, 0.25) is 0 Å². The van der Waals surface area contributed by atoms with Crippen LogP contribution in [0.25, 0.3) is 10.9 Å². The van der Waals surface area contributed by atoms with Gasteiger partial charge in [-0.05, 0) is 12.1 Å². The highest BCUT2D eigenvalue weighted by Gasteiger charge is 1.93. The van der Waals surface area contributed by atoms with Crippen LogP contribution in [0, 0.1) is 0 Å². The van der Waals surface area contributed by atoms with Gasteiger partial charge in [0.1, 0.15) is 0 Å². The van der Waals surface area contributed by atoms with E-state index in [2.05, 4.69) is 0 Å². The van der Waals surface area contributed by atoms with Crippen molar-refractivity contribution < 1.29 is 19.8 Å². The molecule has 0 saturated carbocycles. The molecule has 0 bridgehead atoms. The first kappa shape index (κ1) is 13.3. The molecule has 0 saturated heterocycles. The lowest BCUT2D eigenvalue weighted by Crippen LogP contribution is -2.04. The summed E-state index contributed by atoms with van der Waals surface area (Å²) in [7, 11) is 0. The molecule has 1 aromatic heterocycles. The fraction of sp³-hybridized carbons (Fsp3) is 0. The number of carboxylic acids is 2. The molecule has 0 fully saturated rings. The molecule has 0 amide bonds. The zero-order valence-corrected chi connectivity index (χ0v) is 9.35. The summed E-state index contributed by atoms with van der Waals surface area (Å²) in [6.45, 7) is 0. The summed E-state index contributed by atoms with van der Waals surface area (Å²) in [6.07, 6.45) is 2.97. The number of nitrogens with two attached hydrogens (primary N) is 1. The second-order valence-corrected chi connectivity index (χ2v) is 3.29. The van der Waals surface area contributed by atoms with Gasteiger partial charge in [-0.25, -0.2) is 9.59 Å². The highest BCUT2D eigenvalue weighted by atomic mass is 16.4.